The number of aromatic nitrogens is 1. The molecule has 158 valence electrons. The first-order chi connectivity index (χ1) is 13.2. The molecule has 1 aliphatic rings. The summed E-state index contributed by atoms with van der Waals surface area (Å²) in [7, 11) is -0.731. The molecule has 1 aromatic rings. The maximum atomic E-state index is 12.1. The molecule has 29 heavy (non-hydrogen) atoms. The van der Waals surface area contributed by atoms with E-state index in [0.29, 0.717) is 11.2 Å². The quantitative estimate of drug-likeness (QED) is 0.725. The number of amides is 1. The van der Waals surface area contributed by atoms with Crippen molar-refractivity contribution in [1.82, 2.24) is 10.3 Å². The van der Waals surface area contributed by atoms with Gasteiger partial charge in [0.2, 0.25) is 0 Å². The molecule has 2 N–H and O–H groups in total. The summed E-state index contributed by atoms with van der Waals surface area (Å²) in [5, 5.41) is 11.9. The van der Waals surface area contributed by atoms with Crippen LogP contribution in [0, 0.1) is 0 Å². The number of ether oxygens (including phenoxy) is 1. The van der Waals surface area contributed by atoms with E-state index in [-0.39, 0.29) is 12.2 Å². The first-order valence-electron chi connectivity index (χ1n) is 9.43. The van der Waals surface area contributed by atoms with Crippen molar-refractivity contribution >= 4 is 25.3 Å². The van der Waals surface area contributed by atoms with E-state index < -0.39 is 36.0 Å². The highest BCUT2D eigenvalue weighted by atomic mass is 16.7. The van der Waals surface area contributed by atoms with E-state index in [0.717, 1.165) is 0 Å². The van der Waals surface area contributed by atoms with Crippen molar-refractivity contribution in [1.29, 1.82) is 0 Å². The Morgan fingerprint density at radius 3 is 2.31 bits per heavy atom. The molecule has 0 spiro atoms. The molecule has 0 atom stereocenters. The molecule has 1 aromatic heterocycles. The first kappa shape index (κ1) is 22.9. The van der Waals surface area contributed by atoms with Gasteiger partial charge in [-0.3, -0.25) is 0 Å². The van der Waals surface area contributed by atoms with E-state index >= 15 is 0 Å². The van der Waals surface area contributed by atoms with Crippen LogP contribution in [0.25, 0.3) is 6.08 Å². The normalized spacial score (nSPS) is 18.4. The summed E-state index contributed by atoms with van der Waals surface area (Å²) in [4.78, 5) is 27.4. The fourth-order valence-electron chi connectivity index (χ4n) is 2.53. The number of nitrogens with zero attached hydrogens (tertiary/aromatic N) is 1. The van der Waals surface area contributed by atoms with Gasteiger partial charge in [0.15, 0.2) is 0 Å². The van der Waals surface area contributed by atoms with Crippen molar-refractivity contribution in [3.05, 3.63) is 35.1 Å². The number of aromatic carboxylic acids is 1. The van der Waals surface area contributed by atoms with Gasteiger partial charge in [-0.25, -0.2) is 14.6 Å². The van der Waals surface area contributed by atoms with Crippen molar-refractivity contribution in [3.63, 3.8) is 0 Å². The van der Waals surface area contributed by atoms with Crippen LogP contribution in [0.3, 0.4) is 0 Å². The van der Waals surface area contributed by atoms with Gasteiger partial charge in [-0.15, -0.1) is 0 Å². The third-order valence-electron chi connectivity index (χ3n) is 4.71. The highest BCUT2D eigenvalue weighted by molar-refractivity contribution is 6.56. The molecular weight excluding hydrogens is 375 g/mol. The van der Waals surface area contributed by atoms with Crippen LogP contribution in [-0.2, 0) is 14.0 Å². The lowest BCUT2D eigenvalue weighted by Crippen LogP contribution is -2.41. The number of carboxylic acid groups (broad SMARTS) is 1. The Morgan fingerprint density at radius 2 is 1.79 bits per heavy atom. The summed E-state index contributed by atoms with van der Waals surface area (Å²) in [6, 6.07) is 4.68. The number of hydrogen-bond donors (Lipinski definition) is 2. The van der Waals surface area contributed by atoms with Crippen LogP contribution in [0.15, 0.2) is 23.7 Å². The van der Waals surface area contributed by atoms with Crippen LogP contribution in [0.4, 0.5) is 4.79 Å². The highest BCUT2D eigenvalue weighted by Gasteiger charge is 2.52. The van der Waals surface area contributed by atoms with Crippen molar-refractivity contribution in [3.8, 4) is 0 Å². The maximum absolute atomic E-state index is 12.1. The number of carbonyl (C=O) groups excluding carboxylic acids is 1. The Kier molecular flexibility index (Phi) is 6.44. The molecule has 9 heteroatoms. The highest BCUT2D eigenvalue weighted by Crippen LogP contribution is 2.38. The maximum Gasteiger partial charge on any atom is 0.492 e. The molecule has 0 aliphatic carbocycles. The van der Waals surface area contributed by atoms with Crippen molar-refractivity contribution in [2.24, 2.45) is 0 Å². The van der Waals surface area contributed by atoms with Crippen LogP contribution < -0.4 is 5.32 Å². The van der Waals surface area contributed by atoms with Gasteiger partial charge in [-0.05, 0) is 72.1 Å². The Labute approximate surface area is 171 Å². The molecule has 8 nitrogen and oxygen atoms in total. The SMILES string of the molecule is CC(C)(C)OC(=O)NCC(=Cc1cccc(C(=O)O)n1)B1OC(C)(C)C(C)(C)O1. The summed E-state index contributed by atoms with van der Waals surface area (Å²) >= 11 is 0. The van der Waals surface area contributed by atoms with Gasteiger partial charge in [-0.2, -0.15) is 0 Å². The molecule has 0 radical (unpaired) electrons. The average Bonchev–Trinajstić information content (AvgIpc) is 2.77. The number of alkyl carbamates (subject to hydrolysis) is 1. The summed E-state index contributed by atoms with van der Waals surface area (Å²) < 4.78 is 17.4. The lowest BCUT2D eigenvalue weighted by atomic mass is 9.77. The number of nitrogens with one attached hydrogen (secondary N) is 1. The second-order valence-corrected chi connectivity index (χ2v) is 8.92. The summed E-state index contributed by atoms with van der Waals surface area (Å²) in [5.74, 6) is -1.12. The van der Waals surface area contributed by atoms with Gasteiger partial charge in [0.05, 0.1) is 16.9 Å². The predicted molar refractivity (Wildman–Crippen MR) is 109 cm³/mol. The smallest absolute Gasteiger partial charge is 0.477 e. The zero-order chi connectivity index (χ0) is 22.0. The van der Waals surface area contributed by atoms with Crippen molar-refractivity contribution in [2.75, 3.05) is 6.54 Å². The van der Waals surface area contributed by atoms with E-state index in [4.69, 9.17) is 14.0 Å². The predicted octanol–water partition coefficient (Wildman–Crippen LogP) is 3.32. The summed E-state index contributed by atoms with van der Waals surface area (Å²) in [6.45, 7) is 13.1. The Morgan fingerprint density at radius 1 is 1.21 bits per heavy atom. The topological polar surface area (TPSA) is 107 Å². The van der Waals surface area contributed by atoms with E-state index in [1.807, 2.05) is 27.7 Å². The molecule has 0 saturated carbocycles. The third kappa shape index (κ3) is 6.04. The van der Waals surface area contributed by atoms with Crippen LogP contribution in [-0.4, -0.2) is 52.6 Å². The van der Waals surface area contributed by atoms with Crippen molar-refractivity contribution in [2.45, 2.75) is 65.3 Å². The Hall–Kier alpha value is -2.39. The number of carboxylic acids is 1. The molecule has 0 bridgehead atoms. The first-order valence-corrected chi connectivity index (χ1v) is 9.43. The van der Waals surface area contributed by atoms with Gasteiger partial charge in [0.1, 0.15) is 11.3 Å². The lowest BCUT2D eigenvalue weighted by molar-refractivity contribution is 0.00578. The van der Waals surface area contributed by atoms with E-state index in [1.54, 1.807) is 39.0 Å². The zero-order valence-electron chi connectivity index (χ0n) is 18.0. The van der Waals surface area contributed by atoms with Crippen LogP contribution in [0.5, 0.6) is 0 Å². The van der Waals surface area contributed by atoms with Gasteiger partial charge >= 0.3 is 19.2 Å². The number of carbonyl (C=O) groups is 2. The fraction of sp³-hybridized carbons (Fsp3) is 0.550. The Balaban J connectivity index is 2.30. The van der Waals surface area contributed by atoms with E-state index in [2.05, 4.69) is 10.3 Å². The monoisotopic (exact) mass is 404 g/mol. The van der Waals surface area contributed by atoms with Crippen LogP contribution >= 0.6 is 0 Å². The fourth-order valence-corrected chi connectivity index (χ4v) is 2.53. The zero-order valence-corrected chi connectivity index (χ0v) is 18.0. The molecule has 0 aromatic carbocycles. The standard InChI is InChI=1S/C20H29BN2O6/c1-18(2,3)27-17(26)22-12-13(21-28-19(4,5)20(6,7)29-21)11-14-9-8-10-15(23-14)16(24)25/h8-11H,12H2,1-7H3,(H,22,26)(H,24,25). The lowest BCUT2D eigenvalue weighted by Gasteiger charge is -2.32. The Bertz CT molecular complexity index is 797. The number of hydrogen-bond acceptors (Lipinski definition) is 6. The van der Waals surface area contributed by atoms with E-state index in [1.165, 1.54) is 6.07 Å². The minimum Gasteiger partial charge on any atom is -0.477 e. The largest absolute Gasteiger partial charge is 0.492 e. The summed E-state index contributed by atoms with van der Waals surface area (Å²) in [5.41, 5.74) is -0.842. The molecule has 1 fully saturated rings. The van der Waals surface area contributed by atoms with Gasteiger partial charge in [-0.1, -0.05) is 6.07 Å². The number of pyridine rings is 1. The van der Waals surface area contributed by atoms with Crippen LogP contribution in [0.1, 0.15) is 64.6 Å². The van der Waals surface area contributed by atoms with Gasteiger partial charge in [0.25, 0.3) is 0 Å². The molecule has 0 unspecified atom stereocenters. The second-order valence-electron chi connectivity index (χ2n) is 8.92. The summed E-state index contributed by atoms with van der Waals surface area (Å²) in [6.07, 6.45) is 1.08. The molecule has 1 aliphatic heterocycles. The second kappa shape index (κ2) is 8.16. The minimum atomic E-state index is -1.12. The van der Waals surface area contributed by atoms with Gasteiger partial charge in [0, 0.05) is 6.54 Å². The average molecular weight is 404 g/mol. The minimum absolute atomic E-state index is 0.0767. The van der Waals surface area contributed by atoms with Crippen LogP contribution in [0.2, 0.25) is 0 Å². The third-order valence-corrected chi connectivity index (χ3v) is 4.71. The molecule has 1 saturated heterocycles. The molecule has 2 heterocycles. The molecule has 1 amide bonds. The number of rotatable bonds is 5. The van der Waals surface area contributed by atoms with Gasteiger partial charge < -0.3 is 24.5 Å². The molecule has 2 rings (SSSR count). The van der Waals surface area contributed by atoms with E-state index in [9.17, 15) is 14.7 Å². The van der Waals surface area contributed by atoms with Crippen molar-refractivity contribution < 1.29 is 28.7 Å². The molecular formula is C20H29BN2O6.